The molecule has 0 rings (SSSR count). The van der Waals surface area contributed by atoms with E-state index < -0.39 is 29.0 Å². The Hall–Kier alpha value is -1.89. The van der Waals surface area contributed by atoms with Crippen molar-refractivity contribution in [1.29, 1.82) is 0 Å². The molecule has 180 valence electrons. The summed E-state index contributed by atoms with van der Waals surface area (Å²) in [7, 11) is 1.67. The van der Waals surface area contributed by atoms with Gasteiger partial charge in [0.2, 0.25) is 11.8 Å². The van der Waals surface area contributed by atoms with E-state index in [1.54, 1.807) is 18.0 Å². The van der Waals surface area contributed by atoms with Gasteiger partial charge in [-0.2, -0.15) is 0 Å². The summed E-state index contributed by atoms with van der Waals surface area (Å²) in [6.45, 7) is 19.1. The van der Waals surface area contributed by atoms with Crippen molar-refractivity contribution >= 4 is 17.8 Å². The van der Waals surface area contributed by atoms with E-state index in [2.05, 4.69) is 10.6 Å². The molecule has 0 unspecified atom stereocenters. The first-order valence-corrected chi connectivity index (χ1v) is 11.3. The average molecular weight is 440 g/mol. The number of carbonyl (C=O) groups is 3. The van der Waals surface area contributed by atoms with Crippen molar-refractivity contribution in [3.63, 3.8) is 0 Å². The lowest BCUT2D eigenvalue weighted by molar-refractivity contribution is -0.142. The van der Waals surface area contributed by atoms with Crippen molar-refractivity contribution < 1.29 is 19.5 Å². The lowest BCUT2D eigenvalue weighted by Gasteiger charge is -2.40. The molecule has 0 bridgehead atoms. The number of rotatable bonds is 11. The number of likely N-dealkylation sites (N-methyl/N-ethyl adjacent to an activating group) is 1. The minimum atomic E-state index is -1.01. The Morgan fingerprint density at radius 2 is 1.52 bits per heavy atom. The van der Waals surface area contributed by atoms with Crippen LogP contribution in [-0.2, 0) is 14.4 Å². The molecule has 0 saturated carbocycles. The Labute approximate surface area is 189 Å². The molecule has 0 aromatic heterocycles. The van der Waals surface area contributed by atoms with Gasteiger partial charge in [0.15, 0.2) is 0 Å². The molecule has 7 heteroatoms. The van der Waals surface area contributed by atoms with Gasteiger partial charge in [-0.15, -0.1) is 0 Å². The van der Waals surface area contributed by atoms with Crippen LogP contribution in [0, 0.1) is 11.3 Å². The summed E-state index contributed by atoms with van der Waals surface area (Å²) in [5.74, 6) is -1.43. The molecule has 31 heavy (non-hydrogen) atoms. The third kappa shape index (κ3) is 7.95. The second kappa shape index (κ2) is 11.7. The van der Waals surface area contributed by atoms with Gasteiger partial charge >= 0.3 is 5.97 Å². The van der Waals surface area contributed by atoms with Crippen molar-refractivity contribution in [1.82, 2.24) is 15.5 Å². The lowest BCUT2D eigenvalue weighted by atomic mass is 9.83. The SMILES string of the molecule is CCC(CC)(NC(C)C)C(=O)N[C@H](C(=O)N(C)[C@H](C=C(C)C(=O)O)C(C)C)C(C)(C)C. The van der Waals surface area contributed by atoms with Crippen LogP contribution in [-0.4, -0.2) is 58.5 Å². The van der Waals surface area contributed by atoms with E-state index >= 15 is 0 Å². The normalized spacial score (nSPS) is 15.1. The first-order chi connectivity index (χ1) is 14.0. The largest absolute Gasteiger partial charge is 0.478 e. The molecule has 0 aliphatic carbocycles. The second-order valence-corrected chi connectivity index (χ2v) is 10.2. The highest BCUT2D eigenvalue weighted by molar-refractivity contribution is 5.93. The molecule has 0 aromatic rings. The van der Waals surface area contributed by atoms with Crippen molar-refractivity contribution in [2.24, 2.45) is 11.3 Å². The average Bonchev–Trinajstić information content (AvgIpc) is 2.65. The van der Waals surface area contributed by atoms with E-state index in [1.165, 1.54) is 6.92 Å². The molecule has 0 radical (unpaired) electrons. The lowest BCUT2D eigenvalue weighted by Crippen LogP contribution is -2.64. The predicted molar refractivity (Wildman–Crippen MR) is 126 cm³/mol. The number of amides is 2. The van der Waals surface area contributed by atoms with Gasteiger partial charge < -0.3 is 20.6 Å². The maximum absolute atomic E-state index is 13.6. The van der Waals surface area contributed by atoms with Crippen LogP contribution in [0.2, 0.25) is 0 Å². The predicted octanol–water partition coefficient (Wildman–Crippen LogP) is 3.59. The molecule has 0 spiro atoms. The van der Waals surface area contributed by atoms with E-state index in [9.17, 15) is 19.5 Å². The fourth-order valence-electron chi connectivity index (χ4n) is 3.74. The van der Waals surface area contributed by atoms with Crippen LogP contribution in [0.4, 0.5) is 0 Å². The van der Waals surface area contributed by atoms with E-state index in [0.717, 1.165) is 0 Å². The summed E-state index contributed by atoms with van der Waals surface area (Å²) in [4.78, 5) is 39.8. The van der Waals surface area contributed by atoms with Gasteiger partial charge in [-0.1, -0.05) is 54.5 Å². The quantitative estimate of drug-likeness (QED) is 0.427. The minimum absolute atomic E-state index is 0.00699. The molecular weight excluding hydrogens is 394 g/mol. The van der Waals surface area contributed by atoms with Crippen molar-refractivity contribution in [2.75, 3.05) is 7.05 Å². The number of hydrogen-bond donors (Lipinski definition) is 3. The van der Waals surface area contributed by atoms with Crippen LogP contribution in [0.5, 0.6) is 0 Å². The highest BCUT2D eigenvalue weighted by atomic mass is 16.4. The smallest absolute Gasteiger partial charge is 0.331 e. The summed E-state index contributed by atoms with van der Waals surface area (Å²) < 4.78 is 0. The number of nitrogens with one attached hydrogen (secondary N) is 2. The zero-order valence-corrected chi connectivity index (χ0v) is 21.4. The highest BCUT2D eigenvalue weighted by Gasteiger charge is 2.42. The minimum Gasteiger partial charge on any atom is -0.478 e. The second-order valence-electron chi connectivity index (χ2n) is 10.2. The van der Waals surface area contributed by atoms with Crippen molar-refractivity contribution in [3.05, 3.63) is 11.6 Å². The summed E-state index contributed by atoms with van der Waals surface area (Å²) in [5.41, 5.74) is -1.10. The molecule has 2 amide bonds. The zero-order valence-electron chi connectivity index (χ0n) is 21.4. The molecule has 0 fully saturated rings. The fourth-order valence-corrected chi connectivity index (χ4v) is 3.74. The van der Waals surface area contributed by atoms with E-state index in [0.29, 0.717) is 12.8 Å². The van der Waals surface area contributed by atoms with Crippen LogP contribution >= 0.6 is 0 Å². The number of hydrogen-bond acceptors (Lipinski definition) is 4. The van der Waals surface area contributed by atoms with Crippen molar-refractivity contribution in [3.8, 4) is 0 Å². The topological polar surface area (TPSA) is 98.7 Å². The molecule has 0 saturated heterocycles. The molecule has 7 nitrogen and oxygen atoms in total. The highest BCUT2D eigenvalue weighted by Crippen LogP contribution is 2.25. The number of carboxylic acid groups (broad SMARTS) is 1. The molecule has 0 aliphatic rings. The molecule has 0 aliphatic heterocycles. The first-order valence-electron chi connectivity index (χ1n) is 11.3. The van der Waals surface area contributed by atoms with Crippen LogP contribution in [0.3, 0.4) is 0 Å². The number of nitrogens with zero attached hydrogens (tertiary/aromatic N) is 1. The standard InChI is InChI=1S/C24H45N3O4/c1-12-24(13-2,26-16(5)6)22(31)25-19(23(8,9)10)20(28)27(11)18(15(3)4)14-17(7)21(29)30/h14-16,18-19,26H,12-13H2,1-11H3,(H,25,31)(H,29,30)/t18-,19-/m1/s1. The number of carboxylic acids is 1. The van der Waals surface area contributed by atoms with Gasteiger partial charge in [-0.25, -0.2) is 4.79 Å². The maximum atomic E-state index is 13.6. The Morgan fingerprint density at radius 1 is 1.03 bits per heavy atom. The van der Waals surface area contributed by atoms with E-state index in [1.807, 2.05) is 62.3 Å². The Bertz CT molecular complexity index is 658. The van der Waals surface area contributed by atoms with Gasteiger partial charge in [0.25, 0.3) is 0 Å². The summed E-state index contributed by atoms with van der Waals surface area (Å²) >= 11 is 0. The summed E-state index contributed by atoms with van der Waals surface area (Å²) in [6, 6.07) is -1.04. The molecule has 2 atom stereocenters. The Morgan fingerprint density at radius 3 is 1.84 bits per heavy atom. The van der Waals surface area contributed by atoms with E-state index in [-0.39, 0.29) is 29.3 Å². The van der Waals surface area contributed by atoms with E-state index in [4.69, 9.17) is 0 Å². The van der Waals surface area contributed by atoms with Gasteiger partial charge in [0.05, 0.1) is 11.6 Å². The fraction of sp³-hybridized carbons (Fsp3) is 0.792. The van der Waals surface area contributed by atoms with Gasteiger partial charge in [-0.05, 0) is 44.9 Å². The molecular formula is C24H45N3O4. The first kappa shape index (κ1) is 29.1. The molecule has 0 aromatic carbocycles. The van der Waals surface area contributed by atoms with Crippen LogP contribution in [0.15, 0.2) is 11.6 Å². The summed E-state index contributed by atoms with van der Waals surface area (Å²) in [6.07, 6.45) is 2.81. The van der Waals surface area contributed by atoms with Crippen LogP contribution in [0.1, 0.15) is 82.1 Å². The number of carbonyl (C=O) groups excluding carboxylic acids is 2. The maximum Gasteiger partial charge on any atom is 0.331 e. The molecule has 0 heterocycles. The zero-order chi connectivity index (χ0) is 24.7. The van der Waals surface area contributed by atoms with Crippen LogP contribution in [0.25, 0.3) is 0 Å². The Balaban J connectivity index is 6.04. The third-order valence-electron chi connectivity index (χ3n) is 5.83. The van der Waals surface area contributed by atoms with Gasteiger partial charge in [-0.3, -0.25) is 9.59 Å². The van der Waals surface area contributed by atoms with Crippen molar-refractivity contribution in [2.45, 2.75) is 106 Å². The van der Waals surface area contributed by atoms with Crippen LogP contribution < -0.4 is 10.6 Å². The number of aliphatic carboxylic acids is 1. The Kier molecular flexibility index (Phi) is 10.9. The molecule has 3 N–H and O–H groups in total. The van der Waals surface area contributed by atoms with Gasteiger partial charge in [0, 0.05) is 18.7 Å². The van der Waals surface area contributed by atoms with Gasteiger partial charge in [0.1, 0.15) is 6.04 Å². The third-order valence-corrected chi connectivity index (χ3v) is 5.83. The monoisotopic (exact) mass is 439 g/mol. The summed E-state index contributed by atoms with van der Waals surface area (Å²) in [5, 5.41) is 15.7.